The van der Waals surface area contributed by atoms with Crippen LogP contribution in [0, 0.1) is 0 Å². The number of aromatic amines is 1. The molecule has 88 valence electrons. The summed E-state index contributed by atoms with van der Waals surface area (Å²) in [6.45, 7) is 1.94. The largest absolute Gasteiger partial charge is 0.318 e. The first kappa shape index (κ1) is 11.8. The van der Waals surface area contributed by atoms with E-state index < -0.39 is 0 Å². The van der Waals surface area contributed by atoms with Crippen LogP contribution in [0.4, 0.5) is 5.69 Å². The smallest absolute Gasteiger partial charge is 0.295 e. The van der Waals surface area contributed by atoms with Crippen molar-refractivity contribution in [3.63, 3.8) is 0 Å². The minimum atomic E-state index is -0.326. The second kappa shape index (κ2) is 5.09. The van der Waals surface area contributed by atoms with Crippen molar-refractivity contribution >= 4 is 27.5 Å². The average Bonchev–Trinajstić information content (AvgIpc) is 2.81. The number of carbonyl (C=O) groups excluding carboxylic acids is 1. The number of rotatable bonds is 3. The van der Waals surface area contributed by atoms with Crippen molar-refractivity contribution in [2.24, 2.45) is 0 Å². The zero-order valence-electron chi connectivity index (χ0n) is 9.20. The maximum absolute atomic E-state index is 11.8. The lowest BCUT2D eigenvalue weighted by Crippen LogP contribution is -2.14. The number of carbonyl (C=O) groups is 1. The number of aromatic nitrogens is 3. The fraction of sp³-hybridized carbons (Fsp3) is 0.182. The molecule has 1 aromatic carbocycles. The molecule has 0 aliphatic rings. The molecule has 0 bridgehead atoms. The van der Waals surface area contributed by atoms with Crippen LogP contribution < -0.4 is 5.32 Å². The zero-order valence-corrected chi connectivity index (χ0v) is 10.8. The first-order chi connectivity index (χ1) is 8.20. The number of amides is 1. The Morgan fingerprint density at radius 2 is 2.24 bits per heavy atom. The third-order valence-corrected chi connectivity index (χ3v) is 2.88. The summed E-state index contributed by atoms with van der Waals surface area (Å²) < 4.78 is 0.819. The molecule has 2 N–H and O–H groups in total. The number of benzene rings is 1. The highest BCUT2D eigenvalue weighted by Gasteiger charge is 2.12. The molecule has 1 amide bonds. The van der Waals surface area contributed by atoms with Crippen LogP contribution in [-0.4, -0.2) is 21.1 Å². The number of anilines is 1. The molecule has 0 unspecified atom stereocenters. The first-order valence-corrected chi connectivity index (χ1v) is 5.97. The van der Waals surface area contributed by atoms with Crippen LogP contribution in [0.5, 0.6) is 0 Å². The number of hydrogen-bond acceptors (Lipinski definition) is 3. The molecule has 0 fully saturated rings. The standard InChI is InChI=1S/C11H11BrN4O/c1-2-9-14-10(16-15-9)11(17)13-8-6-4-3-5-7(8)12/h3-6H,2H2,1H3,(H,13,17)(H,14,15,16). The predicted molar refractivity (Wildman–Crippen MR) is 67.9 cm³/mol. The van der Waals surface area contributed by atoms with Crippen molar-refractivity contribution in [1.29, 1.82) is 0 Å². The van der Waals surface area contributed by atoms with E-state index >= 15 is 0 Å². The molecule has 1 heterocycles. The maximum atomic E-state index is 11.8. The van der Waals surface area contributed by atoms with Crippen molar-refractivity contribution in [3.05, 3.63) is 40.4 Å². The molecule has 0 saturated heterocycles. The van der Waals surface area contributed by atoms with Gasteiger partial charge in [-0.25, -0.2) is 4.98 Å². The Kier molecular flexibility index (Phi) is 3.53. The van der Waals surface area contributed by atoms with Gasteiger partial charge in [0.25, 0.3) is 5.91 Å². The number of halogens is 1. The number of H-pyrrole nitrogens is 1. The summed E-state index contributed by atoms with van der Waals surface area (Å²) >= 11 is 3.35. The number of aryl methyl sites for hydroxylation is 1. The molecule has 2 rings (SSSR count). The molecule has 17 heavy (non-hydrogen) atoms. The Morgan fingerprint density at radius 1 is 1.47 bits per heavy atom. The fourth-order valence-corrected chi connectivity index (χ4v) is 1.68. The summed E-state index contributed by atoms with van der Waals surface area (Å²) in [6, 6.07) is 7.37. The molecule has 0 aliphatic carbocycles. The molecule has 0 aliphatic heterocycles. The number of nitrogens with one attached hydrogen (secondary N) is 2. The average molecular weight is 295 g/mol. The van der Waals surface area contributed by atoms with Gasteiger partial charge in [-0.15, -0.1) is 5.10 Å². The quantitative estimate of drug-likeness (QED) is 0.913. The highest BCUT2D eigenvalue weighted by molar-refractivity contribution is 9.10. The van der Waals surface area contributed by atoms with Gasteiger partial charge in [0.1, 0.15) is 5.82 Å². The second-order valence-corrected chi connectivity index (χ2v) is 4.25. The van der Waals surface area contributed by atoms with Crippen molar-refractivity contribution in [2.45, 2.75) is 13.3 Å². The van der Waals surface area contributed by atoms with Crippen molar-refractivity contribution in [1.82, 2.24) is 15.2 Å². The van der Waals surface area contributed by atoms with E-state index in [1.165, 1.54) is 0 Å². The molecule has 0 saturated carbocycles. The Labute approximate surface area is 107 Å². The van der Waals surface area contributed by atoms with E-state index in [1.54, 1.807) is 6.07 Å². The van der Waals surface area contributed by atoms with E-state index in [0.717, 1.165) is 10.9 Å². The van der Waals surface area contributed by atoms with Gasteiger partial charge in [0, 0.05) is 10.9 Å². The molecule has 2 aromatic rings. The van der Waals surface area contributed by atoms with Crippen LogP contribution in [0.15, 0.2) is 28.7 Å². The van der Waals surface area contributed by atoms with Gasteiger partial charge in [-0.2, -0.15) is 0 Å². The van der Waals surface area contributed by atoms with Gasteiger partial charge in [-0.3, -0.25) is 9.89 Å². The first-order valence-electron chi connectivity index (χ1n) is 5.18. The van der Waals surface area contributed by atoms with E-state index in [9.17, 15) is 4.79 Å². The maximum Gasteiger partial charge on any atom is 0.295 e. The molecule has 1 aromatic heterocycles. The van der Waals surface area contributed by atoms with E-state index in [1.807, 2.05) is 25.1 Å². The molecule has 0 spiro atoms. The lowest BCUT2D eigenvalue weighted by Gasteiger charge is -2.04. The number of para-hydroxylation sites is 1. The Balaban J connectivity index is 2.14. The van der Waals surface area contributed by atoms with Crippen LogP contribution in [0.25, 0.3) is 0 Å². The summed E-state index contributed by atoms with van der Waals surface area (Å²) in [5.41, 5.74) is 0.695. The Bertz CT molecular complexity index is 538. The lowest BCUT2D eigenvalue weighted by atomic mass is 10.3. The SMILES string of the molecule is CCc1nc(C(=O)Nc2ccccc2Br)n[nH]1. The van der Waals surface area contributed by atoms with E-state index in [4.69, 9.17) is 0 Å². The molecule has 6 heteroatoms. The van der Waals surface area contributed by atoms with Gasteiger partial charge in [-0.1, -0.05) is 19.1 Å². The summed E-state index contributed by atoms with van der Waals surface area (Å²) in [5, 5.41) is 9.29. The van der Waals surface area contributed by atoms with Gasteiger partial charge in [0.2, 0.25) is 5.82 Å². The molecule has 0 radical (unpaired) electrons. The minimum absolute atomic E-state index is 0.151. The van der Waals surface area contributed by atoms with Gasteiger partial charge in [0.05, 0.1) is 5.69 Å². The highest BCUT2D eigenvalue weighted by Crippen LogP contribution is 2.21. The van der Waals surface area contributed by atoms with Gasteiger partial charge in [-0.05, 0) is 28.1 Å². The molecule has 0 atom stereocenters. The minimum Gasteiger partial charge on any atom is -0.318 e. The topological polar surface area (TPSA) is 70.7 Å². The second-order valence-electron chi connectivity index (χ2n) is 3.39. The van der Waals surface area contributed by atoms with Crippen molar-refractivity contribution in [2.75, 3.05) is 5.32 Å². The fourth-order valence-electron chi connectivity index (χ4n) is 1.30. The monoisotopic (exact) mass is 294 g/mol. The summed E-state index contributed by atoms with van der Waals surface area (Å²) in [7, 11) is 0. The van der Waals surface area contributed by atoms with Crippen LogP contribution in [-0.2, 0) is 6.42 Å². The summed E-state index contributed by atoms with van der Waals surface area (Å²) in [6.07, 6.45) is 0.718. The number of nitrogens with zero attached hydrogens (tertiary/aromatic N) is 2. The normalized spacial score (nSPS) is 10.2. The zero-order chi connectivity index (χ0) is 12.3. The van der Waals surface area contributed by atoms with Crippen LogP contribution in [0.3, 0.4) is 0 Å². The third-order valence-electron chi connectivity index (χ3n) is 2.19. The van der Waals surface area contributed by atoms with Crippen molar-refractivity contribution < 1.29 is 4.79 Å². The van der Waals surface area contributed by atoms with Gasteiger partial charge in [0.15, 0.2) is 0 Å². The molecular weight excluding hydrogens is 284 g/mol. The Morgan fingerprint density at radius 3 is 2.88 bits per heavy atom. The van der Waals surface area contributed by atoms with E-state index in [0.29, 0.717) is 11.5 Å². The van der Waals surface area contributed by atoms with Gasteiger partial charge >= 0.3 is 0 Å². The third kappa shape index (κ3) is 2.71. The van der Waals surface area contributed by atoms with Crippen LogP contribution in [0.2, 0.25) is 0 Å². The molecule has 5 nitrogen and oxygen atoms in total. The van der Waals surface area contributed by atoms with Crippen molar-refractivity contribution in [3.8, 4) is 0 Å². The Hall–Kier alpha value is -1.69. The van der Waals surface area contributed by atoms with Crippen LogP contribution in [0.1, 0.15) is 23.4 Å². The summed E-state index contributed by atoms with van der Waals surface area (Å²) in [4.78, 5) is 15.9. The predicted octanol–water partition coefficient (Wildman–Crippen LogP) is 2.38. The van der Waals surface area contributed by atoms with Crippen LogP contribution >= 0.6 is 15.9 Å². The molecular formula is C11H11BrN4O. The highest BCUT2D eigenvalue weighted by atomic mass is 79.9. The number of hydrogen-bond donors (Lipinski definition) is 2. The van der Waals surface area contributed by atoms with E-state index in [2.05, 4.69) is 36.4 Å². The summed E-state index contributed by atoms with van der Waals surface area (Å²) in [5.74, 6) is 0.521. The van der Waals surface area contributed by atoms with E-state index in [-0.39, 0.29) is 11.7 Å². The van der Waals surface area contributed by atoms with Gasteiger partial charge < -0.3 is 5.32 Å². The lowest BCUT2D eigenvalue weighted by molar-refractivity contribution is 0.101.